The molecular weight excluding hydrogens is 563 g/mol. The van der Waals surface area contributed by atoms with E-state index in [-0.39, 0.29) is 5.69 Å². The number of carbonyl (C=O) groups is 1. The van der Waals surface area contributed by atoms with E-state index in [9.17, 15) is 13.6 Å². The van der Waals surface area contributed by atoms with Gasteiger partial charge in [-0.3, -0.25) is 4.21 Å². The lowest BCUT2D eigenvalue weighted by Gasteiger charge is -2.09. The molecule has 8 nitrogen and oxygen atoms in total. The summed E-state index contributed by atoms with van der Waals surface area (Å²) in [5.74, 6) is -0.437. The minimum Gasteiger partial charge on any atom is -0.755 e. The molecule has 172 valence electrons. The largest absolute Gasteiger partial charge is 0.755 e. The van der Waals surface area contributed by atoms with Gasteiger partial charge in [-0.25, -0.2) is 9.78 Å². The molecule has 0 bridgehead atoms. The number of benzene rings is 1. The number of halogens is 1. The summed E-state index contributed by atoms with van der Waals surface area (Å²) in [6, 6.07) is 7.29. The molecule has 3 aromatic rings. The van der Waals surface area contributed by atoms with E-state index in [1.54, 1.807) is 29.1 Å². The molecule has 32 heavy (non-hydrogen) atoms. The highest BCUT2D eigenvalue weighted by Gasteiger charge is 2.20. The fourth-order valence-corrected chi connectivity index (χ4v) is 5.25. The van der Waals surface area contributed by atoms with Crippen LogP contribution in [0.25, 0.3) is 5.13 Å². The number of rotatable bonds is 11. The van der Waals surface area contributed by atoms with E-state index in [1.165, 1.54) is 11.3 Å². The third-order valence-electron chi connectivity index (χ3n) is 4.72. The minimum absolute atomic E-state index is 0.283. The summed E-state index contributed by atoms with van der Waals surface area (Å²) >= 11 is 1.28. The Kier molecular flexibility index (Phi) is 9.20. The van der Waals surface area contributed by atoms with E-state index in [0.29, 0.717) is 23.8 Å². The summed E-state index contributed by atoms with van der Waals surface area (Å²) < 4.78 is 31.8. The molecule has 1 aromatic carbocycles. The highest BCUT2D eigenvalue weighted by molar-refractivity contribution is 14.1. The lowest BCUT2D eigenvalue weighted by atomic mass is 10.0. The van der Waals surface area contributed by atoms with E-state index in [2.05, 4.69) is 39.2 Å². The Morgan fingerprint density at radius 2 is 2.03 bits per heavy atom. The van der Waals surface area contributed by atoms with E-state index in [1.807, 2.05) is 12.1 Å². The maximum atomic E-state index is 12.0. The topological polar surface area (TPSA) is 109 Å². The van der Waals surface area contributed by atoms with E-state index < -0.39 is 17.2 Å². The number of esters is 1. The van der Waals surface area contributed by atoms with E-state index in [4.69, 9.17) is 9.84 Å². The van der Waals surface area contributed by atoms with Crippen molar-refractivity contribution in [3.8, 4) is 5.13 Å². The predicted molar refractivity (Wildman–Crippen MR) is 133 cm³/mol. The van der Waals surface area contributed by atoms with Crippen LogP contribution in [0.4, 0.5) is 5.69 Å². The molecule has 2 aromatic heterocycles. The number of nitrogens with one attached hydrogen (secondary N) is 1. The molecule has 11 heteroatoms. The Hall–Kier alpha value is -1.83. The second-order valence-corrected chi connectivity index (χ2v) is 9.56. The maximum Gasteiger partial charge on any atom is 0.357 e. The van der Waals surface area contributed by atoms with Gasteiger partial charge >= 0.3 is 5.97 Å². The fraction of sp³-hybridized carbons (Fsp3) is 0.381. The molecule has 0 aliphatic carbocycles. The summed E-state index contributed by atoms with van der Waals surface area (Å²) in [6.45, 7) is 4.23. The molecule has 1 atom stereocenters. The zero-order valence-corrected chi connectivity index (χ0v) is 21.6. The fourth-order valence-electron chi connectivity index (χ4n) is 3.17. The quantitative estimate of drug-likeness (QED) is 0.152. The summed E-state index contributed by atoms with van der Waals surface area (Å²) in [7, 11) is 0. The van der Waals surface area contributed by atoms with Crippen molar-refractivity contribution in [1.29, 1.82) is 0 Å². The number of ether oxygens (including phenoxy) is 1. The second kappa shape index (κ2) is 11.9. The monoisotopic (exact) mass is 587 g/mol. The molecule has 0 saturated carbocycles. The third kappa shape index (κ3) is 6.36. The maximum absolute atomic E-state index is 12.0. The highest BCUT2D eigenvalue weighted by atomic mass is 127. The number of hydrogen-bond donors (Lipinski definition) is 1. The Labute approximate surface area is 207 Å². The van der Waals surface area contributed by atoms with Gasteiger partial charge in [0.15, 0.2) is 5.69 Å². The van der Waals surface area contributed by atoms with Crippen molar-refractivity contribution in [3.05, 3.63) is 55.9 Å². The first-order chi connectivity index (χ1) is 15.4. The average molecular weight is 587 g/mol. The SMILES string of the molecule is CCCCCc1nn(-c2nc(C(=O)OCC)cs2)c(I)c1Cc1ccc(NS(=O)[O-])cc1. The van der Waals surface area contributed by atoms with E-state index in [0.717, 1.165) is 46.2 Å². The highest BCUT2D eigenvalue weighted by Crippen LogP contribution is 2.27. The second-order valence-electron chi connectivity index (χ2n) is 7.03. The molecule has 0 saturated heterocycles. The first-order valence-corrected chi connectivity index (χ1v) is 13.3. The van der Waals surface area contributed by atoms with Crippen LogP contribution in [0.3, 0.4) is 0 Å². The number of thiazole rings is 1. The lowest BCUT2D eigenvalue weighted by molar-refractivity contribution is 0.0520. The lowest BCUT2D eigenvalue weighted by Crippen LogP contribution is -2.06. The number of carbonyl (C=O) groups excluding carboxylic acids is 1. The van der Waals surface area contributed by atoms with Gasteiger partial charge in [-0.15, -0.1) is 11.3 Å². The zero-order valence-electron chi connectivity index (χ0n) is 17.8. The molecule has 3 rings (SSSR count). The number of nitrogens with zero attached hydrogens (tertiary/aromatic N) is 3. The zero-order chi connectivity index (χ0) is 23.1. The summed E-state index contributed by atoms with van der Waals surface area (Å²) in [6.07, 6.45) is 4.81. The van der Waals surface area contributed by atoms with Crippen molar-refractivity contribution >= 4 is 56.9 Å². The van der Waals surface area contributed by atoms with Crippen LogP contribution >= 0.6 is 33.9 Å². The van der Waals surface area contributed by atoms with Crippen molar-refractivity contribution < 1.29 is 18.3 Å². The molecule has 0 radical (unpaired) electrons. The Bertz CT molecular complexity index is 1080. The van der Waals surface area contributed by atoms with Crippen LogP contribution in [-0.4, -0.2) is 36.1 Å². The summed E-state index contributed by atoms with van der Waals surface area (Å²) in [4.78, 5) is 16.4. The van der Waals surface area contributed by atoms with Crippen LogP contribution in [0, 0.1) is 3.70 Å². The van der Waals surface area contributed by atoms with Crippen LogP contribution < -0.4 is 4.72 Å². The molecular formula is C21H24IN4O4S2-. The molecule has 2 heterocycles. The standard InChI is InChI=1S/C21H25IN4O4S2/c1-3-5-6-7-17-16(12-14-8-10-15(11-9-14)25-32(28)29)19(22)26(24-17)21-23-18(13-31-21)20(27)30-4-2/h8-11,13,25H,3-7,12H2,1-2H3,(H,28,29)/p-1. The number of aryl methyl sites for hydroxylation is 1. The smallest absolute Gasteiger partial charge is 0.357 e. The van der Waals surface area contributed by atoms with Crippen LogP contribution in [0.5, 0.6) is 0 Å². The summed E-state index contributed by atoms with van der Waals surface area (Å²) in [5.41, 5.74) is 3.98. The molecule has 0 aliphatic heterocycles. The molecule has 0 amide bonds. The summed E-state index contributed by atoms with van der Waals surface area (Å²) in [5, 5.41) is 7.15. The van der Waals surface area contributed by atoms with Crippen LogP contribution in [-0.2, 0) is 28.8 Å². The number of anilines is 1. The predicted octanol–water partition coefficient (Wildman–Crippen LogP) is 4.64. The first-order valence-electron chi connectivity index (χ1n) is 10.3. The van der Waals surface area contributed by atoms with Gasteiger partial charge in [-0.2, -0.15) is 9.78 Å². The van der Waals surface area contributed by atoms with Gasteiger partial charge < -0.3 is 14.0 Å². The Morgan fingerprint density at radius 1 is 1.28 bits per heavy atom. The van der Waals surface area contributed by atoms with Gasteiger partial charge in [-0.1, -0.05) is 31.9 Å². The van der Waals surface area contributed by atoms with Crippen LogP contribution in [0.2, 0.25) is 0 Å². The average Bonchev–Trinajstić information content (AvgIpc) is 3.36. The van der Waals surface area contributed by atoms with Crippen molar-refractivity contribution in [1.82, 2.24) is 14.8 Å². The number of aromatic nitrogens is 3. The Morgan fingerprint density at radius 3 is 2.69 bits per heavy atom. The van der Waals surface area contributed by atoms with Gasteiger partial charge in [0.2, 0.25) is 5.13 Å². The molecule has 1 unspecified atom stereocenters. The van der Waals surface area contributed by atoms with Crippen molar-refractivity contribution in [2.24, 2.45) is 0 Å². The van der Waals surface area contributed by atoms with E-state index >= 15 is 0 Å². The van der Waals surface area contributed by atoms with Gasteiger partial charge in [0.05, 0.1) is 12.3 Å². The molecule has 1 N–H and O–H groups in total. The van der Waals surface area contributed by atoms with Gasteiger partial charge in [0.25, 0.3) is 0 Å². The van der Waals surface area contributed by atoms with Gasteiger partial charge in [0.1, 0.15) is 3.70 Å². The Balaban J connectivity index is 1.89. The first kappa shape index (κ1) is 24.8. The van der Waals surface area contributed by atoms with Crippen molar-refractivity contribution in [2.75, 3.05) is 11.3 Å². The van der Waals surface area contributed by atoms with Crippen molar-refractivity contribution in [3.63, 3.8) is 0 Å². The van der Waals surface area contributed by atoms with Gasteiger partial charge in [-0.05, 0) is 60.1 Å². The molecule has 0 spiro atoms. The number of hydrogen-bond acceptors (Lipinski definition) is 7. The van der Waals surface area contributed by atoms with Crippen molar-refractivity contribution in [2.45, 2.75) is 46.0 Å². The molecule has 0 fully saturated rings. The van der Waals surface area contributed by atoms with Crippen LogP contribution in [0.1, 0.15) is 60.4 Å². The van der Waals surface area contributed by atoms with Crippen LogP contribution in [0.15, 0.2) is 29.6 Å². The number of unbranched alkanes of at least 4 members (excludes halogenated alkanes) is 2. The minimum atomic E-state index is -2.35. The molecule has 0 aliphatic rings. The third-order valence-corrected chi connectivity index (χ3v) is 7.04. The normalized spacial score (nSPS) is 12.0. The van der Waals surface area contributed by atoms with Gasteiger partial charge in [0, 0.05) is 34.3 Å².